The highest BCUT2D eigenvalue weighted by molar-refractivity contribution is 5.97. The van der Waals surface area contributed by atoms with Gasteiger partial charge in [-0.05, 0) is 64.9 Å². The zero-order chi connectivity index (χ0) is 23.9. The van der Waals surface area contributed by atoms with E-state index in [1.165, 1.54) is 11.1 Å². The van der Waals surface area contributed by atoms with Crippen molar-refractivity contribution in [2.75, 3.05) is 25.0 Å². The van der Waals surface area contributed by atoms with Crippen LogP contribution in [0.1, 0.15) is 43.7 Å². The normalized spacial score (nSPS) is 16.3. The first-order chi connectivity index (χ1) is 16.3. The van der Waals surface area contributed by atoms with E-state index in [0.29, 0.717) is 24.4 Å². The van der Waals surface area contributed by atoms with Gasteiger partial charge in [-0.3, -0.25) is 9.79 Å². The maximum Gasteiger partial charge on any atom is 0.282 e. The molecule has 0 aromatic heterocycles. The fraction of sp³-hybridized carbons (Fsp3) is 0.259. The number of amidine groups is 1. The van der Waals surface area contributed by atoms with Gasteiger partial charge in [-0.1, -0.05) is 36.4 Å². The van der Waals surface area contributed by atoms with E-state index < -0.39 is 5.92 Å². The molecule has 174 valence electrons. The molecule has 1 amide bonds. The van der Waals surface area contributed by atoms with Crippen LogP contribution in [0, 0.1) is 0 Å². The van der Waals surface area contributed by atoms with Crippen molar-refractivity contribution in [3.8, 4) is 0 Å². The molecule has 0 saturated carbocycles. The number of fused-ring (bicyclic) bond motifs is 2. The average Bonchev–Trinajstić information content (AvgIpc) is 2.83. The summed E-state index contributed by atoms with van der Waals surface area (Å²) in [6.07, 6.45) is 1.46. The number of halogens is 2. The first-order valence-corrected chi connectivity index (χ1v) is 11.3. The van der Waals surface area contributed by atoms with Gasteiger partial charge < -0.3 is 16.0 Å². The molecule has 0 spiro atoms. The van der Waals surface area contributed by atoms with Crippen molar-refractivity contribution in [1.29, 1.82) is 0 Å². The lowest BCUT2D eigenvalue weighted by Gasteiger charge is -2.40. The Kier molecular flexibility index (Phi) is 5.55. The second-order valence-corrected chi connectivity index (χ2v) is 8.99. The number of nitrogens with zero attached hydrogens (tertiary/aromatic N) is 2. The Labute approximate surface area is 197 Å². The van der Waals surface area contributed by atoms with E-state index in [1.54, 1.807) is 11.9 Å². The highest BCUT2D eigenvalue weighted by Gasteiger charge is 2.44. The van der Waals surface area contributed by atoms with E-state index >= 15 is 0 Å². The van der Waals surface area contributed by atoms with Gasteiger partial charge in [0.15, 0.2) is 0 Å². The summed E-state index contributed by atoms with van der Waals surface area (Å²) >= 11 is 0. The molecule has 1 fully saturated rings. The smallest absolute Gasteiger partial charge is 0.282 e. The molecule has 7 heteroatoms. The summed E-state index contributed by atoms with van der Waals surface area (Å²) in [7, 11) is 1.65. The second-order valence-electron chi connectivity index (χ2n) is 8.99. The van der Waals surface area contributed by atoms with Crippen LogP contribution in [0.4, 0.5) is 14.5 Å². The standard InChI is InChI=1S/C27H26F2N4O/c1-31-25(30)18-4-2-17(3-5-18)14-32-26(34)21-7-6-19-10-20-8-9-24(33-15-27(28,29)16-33)13-23(20)12-22(19)11-21/h2-9,11,13H,10,12,14-16H2,1H3,(H2,30,31)(H,32,34). The number of rotatable bonds is 5. The summed E-state index contributed by atoms with van der Waals surface area (Å²) in [5.74, 6) is -2.26. The lowest BCUT2D eigenvalue weighted by molar-refractivity contribution is -0.0262. The van der Waals surface area contributed by atoms with Crippen LogP contribution >= 0.6 is 0 Å². The molecule has 1 aliphatic carbocycles. The van der Waals surface area contributed by atoms with Crippen molar-refractivity contribution < 1.29 is 13.6 Å². The number of anilines is 1. The molecule has 0 radical (unpaired) electrons. The molecule has 0 atom stereocenters. The molecule has 2 aliphatic rings. The van der Waals surface area contributed by atoms with E-state index in [1.807, 2.05) is 60.7 Å². The van der Waals surface area contributed by atoms with Gasteiger partial charge in [-0.25, -0.2) is 8.78 Å². The number of aliphatic imine (C=N–C) groups is 1. The number of amides is 1. The quantitative estimate of drug-likeness (QED) is 0.351. The average molecular weight is 461 g/mol. The van der Waals surface area contributed by atoms with Crippen LogP contribution in [0.5, 0.6) is 0 Å². The Morgan fingerprint density at radius 2 is 1.56 bits per heavy atom. The Balaban J connectivity index is 1.26. The van der Waals surface area contributed by atoms with Crippen LogP contribution in [0.3, 0.4) is 0 Å². The summed E-state index contributed by atoms with van der Waals surface area (Å²) in [5.41, 5.74) is 13.7. The minimum atomic E-state index is -2.59. The number of nitrogens with two attached hydrogens (primary N) is 1. The lowest BCUT2D eigenvalue weighted by Crippen LogP contribution is -2.56. The molecule has 1 saturated heterocycles. The first-order valence-electron chi connectivity index (χ1n) is 11.3. The zero-order valence-electron chi connectivity index (χ0n) is 18.9. The van der Waals surface area contributed by atoms with Crippen molar-refractivity contribution >= 4 is 17.4 Å². The zero-order valence-corrected chi connectivity index (χ0v) is 18.9. The Bertz CT molecular complexity index is 1280. The fourth-order valence-electron chi connectivity index (χ4n) is 4.56. The second kappa shape index (κ2) is 8.56. The minimum Gasteiger partial charge on any atom is -0.384 e. The van der Waals surface area contributed by atoms with E-state index in [4.69, 9.17) is 5.73 Å². The molecule has 34 heavy (non-hydrogen) atoms. The molecular formula is C27H26F2N4O. The molecule has 0 unspecified atom stereocenters. The largest absolute Gasteiger partial charge is 0.384 e. The summed E-state index contributed by atoms with van der Waals surface area (Å²) in [4.78, 5) is 18.5. The van der Waals surface area contributed by atoms with Crippen molar-refractivity contribution in [2.45, 2.75) is 25.3 Å². The van der Waals surface area contributed by atoms with E-state index in [9.17, 15) is 13.6 Å². The summed E-state index contributed by atoms with van der Waals surface area (Å²) in [5, 5.41) is 2.97. The topological polar surface area (TPSA) is 70.7 Å². The molecule has 3 aromatic rings. The van der Waals surface area contributed by atoms with Crippen LogP contribution in [-0.4, -0.2) is 37.8 Å². The number of benzene rings is 3. The molecule has 1 aliphatic heterocycles. The maximum atomic E-state index is 13.3. The number of nitrogens with one attached hydrogen (secondary N) is 1. The lowest BCUT2D eigenvalue weighted by atomic mass is 9.84. The van der Waals surface area contributed by atoms with Crippen LogP contribution < -0.4 is 16.0 Å². The van der Waals surface area contributed by atoms with Crippen molar-refractivity contribution in [3.05, 3.63) is 99.6 Å². The van der Waals surface area contributed by atoms with E-state index in [0.717, 1.165) is 34.4 Å². The molecule has 3 N–H and O–H groups in total. The molecule has 3 aromatic carbocycles. The summed E-state index contributed by atoms with van der Waals surface area (Å²) in [6, 6.07) is 19.4. The Morgan fingerprint density at radius 1 is 0.941 bits per heavy atom. The van der Waals surface area contributed by atoms with Crippen molar-refractivity contribution in [2.24, 2.45) is 10.7 Å². The molecular weight excluding hydrogens is 434 g/mol. The number of carbonyl (C=O) groups is 1. The van der Waals surface area contributed by atoms with Gasteiger partial charge >= 0.3 is 0 Å². The SMILES string of the molecule is CN=C(N)c1ccc(CNC(=O)c2ccc3c(c2)Cc2cc(N4CC(F)(F)C4)ccc2C3)cc1. The Morgan fingerprint density at radius 3 is 2.24 bits per heavy atom. The number of carbonyl (C=O) groups excluding carboxylic acids is 1. The third-order valence-corrected chi connectivity index (χ3v) is 6.57. The summed E-state index contributed by atoms with van der Waals surface area (Å²) < 4.78 is 26.6. The van der Waals surface area contributed by atoms with Crippen molar-refractivity contribution in [3.63, 3.8) is 0 Å². The van der Waals surface area contributed by atoms with Gasteiger partial charge in [0.05, 0.1) is 13.1 Å². The van der Waals surface area contributed by atoms with Crippen LogP contribution in [0.15, 0.2) is 65.7 Å². The third-order valence-electron chi connectivity index (χ3n) is 6.57. The minimum absolute atomic E-state index is 0.135. The van der Waals surface area contributed by atoms with Crippen LogP contribution in [-0.2, 0) is 19.4 Å². The van der Waals surface area contributed by atoms with Gasteiger partial charge in [-0.15, -0.1) is 0 Å². The summed E-state index contributed by atoms with van der Waals surface area (Å²) in [6.45, 7) is -0.0456. The maximum absolute atomic E-state index is 13.3. The van der Waals surface area contributed by atoms with Gasteiger partial charge in [0, 0.05) is 30.4 Å². The first kappa shape index (κ1) is 22.1. The van der Waals surface area contributed by atoms with Gasteiger partial charge in [-0.2, -0.15) is 0 Å². The number of hydrogen-bond donors (Lipinski definition) is 2. The highest BCUT2D eigenvalue weighted by atomic mass is 19.3. The van der Waals surface area contributed by atoms with Gasteiger partial charge in [0.2, 0.25) is 0 Å². The third kappa shape index (κ3) is 4.38. The fourth-order valence-corrected chi connectivity index (χ4v) is 4.56. The Hall–Kier alpha value is -3.74. The van der Waals surface area contributed by atoms with Gasteiger partial charge in [0.1, 0.15) is 5.84 Å². The molecule has 0 bridgehead atoms. The molecule has 5 nitrogen and oxygen atoms in total. The van der Waals surface area contributed by atoms with Gasteiger partial charge in [0.25, 0.3) is 11.8 Å². The highest BCUT2D eigenvalue weighted by Crippen LogP contribution is 2.35. The number of hydrogen-bond acceptors (Lipinski definition) is 3. The van der Waals surface area contributed by atoms with Crippen LogP contribution in [0.2, 0.25) is 0 Å². The predicted molar refractivity (Wildman–Crippen MR) is 130 cm³/mol. The van der Waals surface area contributed by atoms with E-state index in [-0.39, 0.29) is 19.0 Å². The van der Waals surface area contributed by atoms with Crippen molar-refractivity contribution in [1.82, 2.24) is 5.32 Å². The molecule has 1 heterocycles. The van der Waals surface area contributed by atoms with E-state index in [2.05, 4.69) is 10.3 Å². The monoisotopic (exact) mass is 460 g/mol. The predicted octanol–water partition coefficient (Wildman–Crippen LogP) is 3.90. The number of alkyl halides is 2. The molecule has 5 rings (SSSR count). The van der Waals surface area contributed by atoms with Crippen LogP contribution in [0.25, 0.3) is 0 Å².